The molecule has 234 valence electrons. The Morgan fingerprint density at radius 1 is 0.438 bits per heavy atom. The molecule has 0 N–H and O–H groups in total. The van der Waals surface area contributed by atoms with E-state index >= 15 is 0 Å². The Labute approximate surface area is 282 Å². The van der Waals surface area contributed by atoms with Crippen LogP contribution in [0.3, 0.4) is 0 Å². The van der Waals surface area contributed by atoms with Crippen LogP contribution in [0.15, 0.2) is 127 Å². The topological polar surface area (TPSA) is 33.6 Å². The second kappa shape index (κ2) is 10.7. The number of para-hydroxylation sites is 1. The molecule has 0 saturated carbocycles. The molecule has 48 heavy (non-hydrogen) atoms. The Kier molecular flexibility index (Phi) is 6.65. The summed E-state index contributed by atoms with van der Waals surface area (Å²) in [4.78, 5) is 0. The van der Waals surface area contributed by atoms with Crippen molar-refractivity contribution in [2.75, 3.05) is 0 Å². The molecule has 6 aromatic carbocycles. The standard InChI is InChI=1S/C45H39N3/c1-44(2,3)32-16-22-42-38(26-32)36-24-30(14-20-40(36)47(42)34-10-8-7-9-11-34)31-15-21-41-37(25-31)39-27-33(45(4,5)6)17-23-43(39)48(41)35-18-12-29(28-46)13-19-35/h7-27H,1-6H3. The van der Waals surface area contributed by atoms with Crippen molar-refractivity contribution < 1.29 is 0 Å². The third-order valence-corrected chi connectivity index (χ3v) is 9.86. The predicted octanol–water partition coefficient (Wildman–Crippen LogP) is 12.0. The molecule has 0 fully saturated rings. The van der Waals surface area contributed by atoms with Gasteiger partial charge >= 0.3 is 0 Å². The predicted molar refractivity (Wildman–Crippen MR) is 203 cm³/mol. The van der Waals surface area contributed by atoms with Crippen molar-refractivity contribution in [3.63, 3.8) is 0 Å². The lowest BCUT2D eigenvalue weighted by Gasteiger charge is -2.19. The molecule has 0 aliphatic rings. The molecule has 0 atom stereocenters. The summed E-state index contributed by atoms with van der Waals surface area (Å²) in [5.74, 6) is 0. The maximum absolute atomic E-state index is 9.42. The molecule has 0 amide bonds. The third-order valence-electron chi connectivity index (χ3n) is 9.86. The Morgan fingerprint density at radius 3 is 1.25 bits per heavy atom. The van der Waals surface area contributed by atoms with Gasteiger partial charge in [-0.15, -0.1) is 0 Å². The van der Waals surface area contributed by atoms with Gasteiger partial charge in [-0.1, -0.05) is 84.0 Å². The number of rotatable bonds is 3. The van der Waals surface area contributed by atoms with Crippen LogP contribution in [0.4, 0.5) is 0 Å². The van der Waals surface area contributed by atoms with E-state index in [0.717, 1.165) is 16.7 Å². The fourth-order valence-corrected chi connectivity index (χ4v) is 7.16. The van der Waals surface area contributed by atoms with Gasteiger partial charge in [0.25, 0.3) is 0 Å². The highest BCUT2D eigenvalue weighted by Crippen LogP contribution is 2.40. The van der Waals surface area contributed by atoms with Crippen LogP contribution in [0.1, 0.15) is 58.2 Å². The van der Waals surface area contributed by atoms with Crippen molar-refractivity contribution in [2.24, 2.45) is 0 Å². The third kappa shape index (κ3) is 4.79. The molecule has 0 unspecified atom stereocenters. The largest absolute Gasteiger partial charge is 0.309 e. The van der Waals surface area contributed by atoms with Crippen molar-refractivity contribution in [3.05, 3.63) is 144 Å². The molecule has 3 heteroatoms. The number of fused-ring (bicyclic) bond motifs is 6. The summed E-state index contributed by atoms with van der Waals surface area (Å²) >= 11 is 0. The summed E-state index contributed by atoms with van der Waals surface area (Å²) in [7, 11) is 0. The van der Waals surface area contributed by atoms with E-state index in [1.165, 1.54) is 60.5 Å². The van der Waals surface area contributed by atoms with Gasteiger partial charge in [0.2, 0.25) is 0 Å². The number of hydrogen-bond donors (Lipinski definition) is 0. The molecule has 2 aromatic heterocycles. The minimum absolute atomic E-state index is 0.0264. The molecule has 0 aliphatic heterocycles. The first kappa shape index (κ1) is 29.8. The second-order valence-corrected chi connectivity index (χ2v) is 15.1. The van der Waals surface area contributed by atoms with Gasteiger partial charge in [0.05, 0.1) is 33.7 Å². The fourth-order valence-electron chi connectivity index (χ4n) is 7.16. The van der Waals surface area contributed by atoms with E-state index in [2.05, 4.69) is 160 Å². The zero-order valence-electron chi connectivity index (χ0n) is 28.5. The molecule has 8 rings (SSSR count). The Hall–Kier alpha value is -5.59. The Bertz CT molecular complexity index is 2560. The van der Waals surface area contributed by atoms with Crippen LogP contribution in [0.25, 0.3) is 66.1 Å². The van der Waals surface area contributed by atoms with Crippen LogP contribution in [-0.2, 0) is 10.8 Å². The van der Waals surface area contributed by atoms with Crippen molar-refractivity contribution in [3.8, 4) is 28.6 Å². The maximum atomic E-state index is 9.42. The van der Waals surface area contributed by atoms with Crippen LogP contribution in [-0.4, -0.2) is 9.13 Å². The normalized spacial score (nSPS) is 12.4. The number of benzene rings is 6. The van der Waals surface area contributed by atoms with Gasteiger partial charge in [-0.25, -0.2) is 0 Å². The van der Waals surface area contributed by atoms with Crippen molar-refractivity contribution >= 4 is 43.6 Å². The maximum Gasteiger partial charge on any atom is 0.0991 e. The molecule has 0 saturated heterocycles. The zero-order valence-corrected chi connectivity index (χ0v) is 28.5. The highest BCUT2D eigenvalue weighted by atomic mass is 15.0. The fraction of sp³-hybridized carbons (Fsp3) is 0.178. The molecule has 0 spiro atoms. The van der Waals surface area contributed by atoms with Gasteiger partial charge < -0.3 is 9.13 Å². The molecule has 2 heterocycles. The molecule has 0 radical (unpaired) electrons. The van der Waals surface area contributed by atoms with E-state index in [9.17, 15) is 5.26 Å². The van der Waals surface area contributed by atoms with Crippen molar-refractivity contribution in [2.45, 2.75) is 52.4 Å². The first-order valence-corrected chi connectivity index (χ1v) is 16.7. The van der Waals surface area contributed by atoms with E-state index in [1.54, 1.807) is 0 Å². The van der Waals surface area contributed by atoms with E-state index < -0.39 is 0 Å². The average Bonchev–Trinajstić information content (AvgIpc) is 3.59. The van der Waals surface area contributed by atoms with E-state index in [-0.39, 0.29) is 10.8 Å². The van der Waals surface area contributed by atoms with Gasteiger partial charge in [0.15, 0.2) is 0 Å². The summed E-state index contributed by atoms with van der Waals surface area (Å²) in [6.07, 6.45) is 0. The first-order valence-electron chi connectivity index (χ1n) is 16.7. The number of hydrogen-bond acceptors (Lipinski definition) is 1. The van der Waals surface area contributed by atoms with Gasteiger partial charge in [-0.05, 0) is 118 Å². The zero-order chi connectivity index (χ0) is 33.4. The molecular weight excluding hydrogens is 583 g/mol. The minimum atomic E-state index is 0.0264. The highest BCUT2D eigenvalue weighted by Gasteiger charge is 2.21. The van der Waals surface area contributed by atoms with Gasteiger partial charge in [-0.2, -0.15) is 5.26 Å². The lowest BCUT2D eigenvalue weighted by Crippen LogP contribution is -2.10. The van der Waals surface area contributed by atoms with Crippen LogP contribution in [0.5, 0.6) is 0 Å². The highest BCUT2D eigenvalue weighted by molar-refractivity contribution is 6.13. The number of aromatic nitrogens is 2. The quantitative estimate of drug-likeness (QED) is 0.193. The van der Waals surface area contributed by atoms with Crippen LogP contribution >= 0.6 is 0 Å². The van der Waals surface area contributed by atoms with Gasteiger partial charge in [0, 0.05) is 32.9 Å². The van der Waals surface area contributed by atoms with Gasteiger partial charge in [-0.3, -0.25) is 0 Å². The summed E-state index contributed by atoms with van der Waals surface area (Å²) in [6.45, 7) is 13.7. The van der Waals surface area contributed by atoms with Crippen LogP contribution < -0.4 is 0 Å². The number of nitrogens with zero attached hydrogens (tertiary/aromatic N) is 3. The lowest BCUT2D eigenvalue weighted by atomic mass is 9.86. The second-order valence-electron chi connectivity index (χ2n) is 15.1. The van der Waals surface area contributed by atoms with Crippen molar-refractivity contribution in [1.29, 1.82) is 5.26 Å². The first-order chi connectivity index (χ1) is 23.0. The van der Waals surface area contributed by atoms with E-state index in [1.807, 2.05) is 24.3 Å². The molecule has 0 bridgehead atoms. The number of nitriles is 1. The minimum Gasteiger partial charge on any atom is -0.309 e. The van der Waals surface area contributed by atoms with E-state index in [0.29, 0.717) is 5.56 Å². The average molecular weight is 622 g/mol. The molecule has 3 nitrogen and oxygen atoms in total. The summed E-state index contributed by atoms with van der Waals surface area (Å²) in [5, 5.41) is 14.4. The van der Waals surface area contributed by atoms with Crippen LogP contribution in [0, 0.1) is 11.3 Å². The Morgan fingerprint density at radius 2 is 0.833 bits per heavy atom. The molecule has 0 aliphatic carbocycles. The summed E-state index contributed by atoms with van der Waals surface area (Å²) in [6, 6.07) is 48.5. The SMILES string of the molecule is CC(C)(C)c1ccc2c(c1)c1cc(-c3ccc4c(c3)c3cc(C(C)(C)C)ccc3n4-c3ccc(C#N)cc3)ccc1n2-c1ccccc1. The van der Waals surface area contributed by atoms with Crippen molar-refractivity contribution in [1.82, 2.24) is 9.13 Å². The molecule has 8 aromatic rings. The monoisotopic (exact) mass is 621 g/mol. The van der Waals surface area contributed by atoms with Crippen LogP contribution in [0.2, 0.25) is 0 Å². The Balaban J connectivity index is 1.37. The molecular formula is C45H39N3. The van der Waals surface area contributed by atoms with Gasteiger partial charge in [0.1, 0.15) is 0 Å². The summed E-state index contributed by atoms with van der Waals surface area (Å²) in [5.41, 5.74) is 12.7. The lowest BCUT2D eigenvalue weighted by molar-refractivity contribution is 0.591. The smallest absolute Gasteiger partial charge is 0.0991 e. The van der Waals surface area contributed by atoms with E-state index in [4.69, 9.17) is 0 Å². The summed E-state index contributed by atoms with van der Waals surface area (Å²) < 4.78 is 4.72.